The minimum Gasteiger partial charge on any atom is -0.466 e. The second kappa shape index (κ2) is 6.89. The molecule has 1 aromatic carbocycles. The molecule has 0 atom stereocenters. The zero-order chi connectivity index (χ0) is 15.5. The molecule has 0 N–H and O–H groups in total. The second-order valence-corrected chi connectivity index (χ2v) is 7.62. The van der Waals surface area contributed by atoms with Crippen LogP contribution in [0.5, 0.6) is 0 Å². The Morgan fingerprint density at radius 1 is 1.33 bits per heavy atom. The van der Waals surface area contributed by atoms with Crippen molar-refractivity contribution in [3.63, 3.8) is 0 Å². The van der Waals surface area contributed by atoms with Crippen LogP contribution < -0.4 is 0 Å². The Labute approximate surface area is 133 Å². The van der Waals surface area contributed by atoms with E-state index in [2.05, 4.69) is 15.9 Å². The third-order valence-corrected chi connectivity index (χ3v) is 6.44. The van der Waals surface area contributed by atoms with Gasteiger partial charge in [0.15, 0.2) is 0 Å². The van der Waals surface area contributed by atoms with Gasteiger partial charge in [-0.2, -0.15) is 4.31 Å². The lowest BCUT2D eigenvalue weighted by Crippen LogP contribution is -2.40. The molecule has 0 spiro atoms. The lowest BCUT2D eigenvalue weighted by Gasteiger charge is -2.30. The Bertz CT molecular complexity index is 609. The van der Waals surface area contributed by atoms with E-state index in [9.17, 15) is 13.2 Å². The fourth-order valence-corrected chi connectivity index (χ4v) is 4.82. The number of piperidine rings is 1. The number of halogens is 1. The summed E-state index contributed by atoms with van der Waals surface area (Å²) in [5.74, 6) is -0.425. The second-order valence-electron chi connectivity index (χ2n) is 4.86. The number of carbonyl (C=O) groups is 1. The molecule has 0 radical (unpaired) electrons. The molecule has 1 heterocycles. The topological polar surface area (TPSA) is 63.7 Å². The Hall–Kier alpha value is -0.920. The monoisotopic (exact) mass is 375 g/mol. The predicted molar refractivity (Wildman–Crippen MR) is 82.3 cm³/mol. The van der Waals surface area contributed by atoms with Crippen LogP contribution in [0.2, 0.25) is 0 Å². The average molecular weight is 376 g/mol. The number of carbonyl (C=O) groups excluding carboxylic acids is 1. The van der Waals surface area contributed by atoms with E-state index in [0.717, 1.165) is 0 Å². The number of rotatable bonds is 4. The summed E-state index contributed by atoms with van der Waals surface area (Å²) in [6.45, 7) is 2.80. The summed E-state index contributed by atoms with van der Waals surface area (Å²) >= 11 is 3.27. The van der Waals surface area contributed by atoms with Crippen LogP contribution in [0.15, 0.2) is 33.6 Å². The van der Waals surface area contributed by atoms with Crippen LogP contribution >= 0.6 is 15.9 Å². The van der Waals surface area contributed by atoms with E-state index >= 15 is 0 Å². The predicted octanol–water partition coefficient (Wildman–Crippen LogP) is 2.41. The highest BCUT2D eigenvalue weighted by Gasteiger charge is 2.33. The molecule has 0 aromatic heterocycles. The van der Waals surface area contributed by atoms with E-state index in [1.165, 1.54) is 4.31 Å². The molecule has 1 aromatic rings. The van der Waals surface area contributed by atoms with Crippen molar-refractivity contribution in [3.8, 4) is 0 Å². The van der Waals surface area contributed by atoms with Gasteiger partial charge in [-0.25, -0.2) is 8.42 Å². The molecule has 5 nitrogen and oxygen atoms in total. The van der Waals surface area contributed by atoms with E-state index in [-0.39, 0.29) is 16.8 Å². The van der Waals surface area contributed by atoms with E-state index < -0.39 is 10.0 Å². The standard InChI is InChI=1S/C14H18BrNO4S/c1-2-20-14(17)11-7-9-16(10-8-11)21(18,19)13-6-4-3-5-12(13)15/h3-6,11H,2,7-10H2,1H3. The van der Waals surface area contributed by atoms with Gasteiger partial charge in [0, 0.05) is 17.6 Å². The van der Waals surface area contributed by atoms with Crippen LogP contribution in [0.1, 0.15) is 19.8 Å². The van der Waals surface area contributed by atoms with Gasteiger partial charge in [-0.05, 0) is 47.8 Å². The molecule has 2 rings (SSSR count). The molecule has 0 saturated carbocycles. The molecule has 1 saturated heterocycles. The van der Waals surface area contributed by atoms with Gasteiger partial charge in [0.25, 0.3) is 0 Å². The minimum atomic E-state index is -3.52. The fourth-order valence-electron chi connectivity index (χ4n) is 2.38. The number of sulfonamides is 1. The lowest BCUT2D eigenvalue weighted by atomic mass is 9.98. The highest BCUT2D eigenvalue weighted by molar-refractivity contribution is 9.10. The molecule has 0 unspecified atom stereocenters. The number of hydrogen-bond acceptors (Lipinski definition) is 4. The number of esters is 1. The zero-order valence-electron chi connectivity index (χ0n) is 11.8. The van der Waals surface area contributed by atoms with E-state index in [1.54, 1.807) is 31.2 Å². The first-order valence-electron chi connectivity index (χ1n) is 6.88. The minimum absolute atomic E-state index is 0.199. The molecule has 0 amide bonds. The summed E-state index contributed by atoms with van der Waals surface area (Å²) in [7, 11) is -3.52. The third-order valence-electron chi connectivity index (χ3n) is 3.53. The Balaban J connectivity index is 2.08. The van der Waals surface area contributed by atoms with E-state index in [0.29, 0.717) is 37.0 Å². The van der Waals surface area contributed by atoms with Crippen molar-refractivity contribution in [3.05, 3.63) is 28.7 Å². The van der Waals surface area contributed by atoms with Gasteiger partial charge >= 0.3 is 5.97 Å². The highest BCUT2D eigenvalue weighted by atomic mass is 79.9. The first-order valence-corrected chi connectivity index (χ1v) is 9.11. The van der Waals surface area contributed by atoms with Gasteiger partial charge in [0.2, 0.25) is 10.0 Å². The van der Waals surface area contributed by atoms with Crippen molar-refractivity contribution < 1.29 is 17.9 Å². The maximum Gasteiger partial charge on any atom is 0.309 e. The number of nitrogens with zero attached hydrogens (tertiary/aromatic N) is 1. The molecular weight excluding hydrogens is 358 g/mol. The van der Waals surface area contributed by atoms with Gasteiger partial charge in [-0.1, -0.05) is 12.1 Å². The van der Waals surface area contributed by atoms with Gasteiger partial charge in [0.1, 0.15) is 0 Å². The Morgan fingerprint density at radius 3 is 2.52 bits per heavy atom. The largest absolute Gasteiger partial charge is 0.466 e. The van der Waals surface area contributed by atoms with Gasteiger partial charge in [-0.15, -0.1) is 0 Å². The quantitative estimate of drug-likeness (QED) is 0.758. The zero-order valence-corrected chi connectivity index (χ0v) is 14.2. The SMILES string of the molecule is CCOC(=O)C1CCN(S(=O)(=O)c2ccccc2Br)CC1. The van der Waals surface area contributed by atoms with Crippen LogP contribution in [-0.4, -0.2) is 38.4 Å². The molecule has 1 aliphatic heterocycles. The maximum absolute atomic E-state index is 12.6. The normalized spacial score (nSPS) is 17.6. The lowest BCUT2D eigenvalue weighted by molar-refractivity contribution is -0.149. The van der Waals surface area contributed by atoms with Gasteiger partial charge < -0.3 is 4.74 Å². The summed E-state index contributed by atoms with van der Waals surface area (Å²) in [6, 6.07) is 6.76. The maximum atomic E-state index is 12.6. The van der Waals surface area contributed by atoms with Crippen LogP contribution in [0, 0.1) is 5.92 Å². The van der Waals surface area contributed by atoms with E-state index in [1.807, 2.05) is 0 Å². The first kappa shape index (κ1) is 16.5. The summed E-state index contributed by atoms with van der Waals surface area (Å²) in [6.07, 6.45) is 1.00. The molecule has 21 heavy (non-hydrogen) atoms. The summed E-state index contributed by atoms with van der Waals surface area (Å²) in [5, 5.41) is 0. The van der Waals surface area contributed by atoms with Gasteiger partial charge in [0.05, 0.1) is 17.4 Å². The van der Waals surface area contributed by atoms with Crippen LogP contribution in [-0.2, 0) is 19.6 Å². The molecular formula is C14H18BrNO4S. The van der Waals surface area contributed by atoms with Gasteiger partial charge in [-0.3, -0.25) is 4.79 Å². The molecule has 116 valence electrons. The number of benzene rings is 1. The fraction of sp³-hybridized carbons (Fsp3) is 0.500. The molecule has 0 aliphatic carbocycles. The molecule has 1 fully saturated rings. The molecule has 0 bridgehead atoms. The third kappa shape index (κ3) is 3.64. The molecule has 7 heteroatoms. The summed E-state index contributed by atoms with van der Waals surface area (Å²) < 4.78 is 32.2. The van der Waals surface area contributed by atoms with Crippen LogP contribution in [0.25, 0.3) is 0 Å². The summed E-state index contributed by atoms with van der Waals surface area (Å²) in [4.78, 5) is 11.9. The van der Waals surface area contributed by atoms with Crippen molar-refractivity contribution in [2.24, 2.45) is 5.92 Å². The van der Waals surface area contributed by atoms with Crippen LogP contribution in [0.3, 0.4) is 0 Å². The van der Waals surface area contributed by atoms with Crippen molar-refractivity contribution >= 4 is 31.9 Å². The van der Waals surface area contributed by atoms with Crippen molar-refractivity contribution in [2.45, 2.75) is 24.7 Å². The Kier molecular flexibility index (Phi) is 5.40. The number of hydrogen-bond donors (Lipinski definition) is 0. The van der Waals surface area contributed by atoms with Crippen molar-refractivity contribution in [2.75, 3.05) is 19.7 Å². The van der Waals surface area contributed by atoms with Crippen LogP contribution in [0.4, 0.5) is 0 Å². The molecule has 1 aliphatic rings. The van der Waals surface area contributed by atoms with Crippen molar-refractivity contribution in [1.29, 1.82) is 0 Å². The Morgan fingerprint density at radius 2 is 1.95 bits per heavy atom. The smallest absolute Gasteiger partial charge is 0.309 e. The summed E-state index contributed by atoms with van der Waals surface area (Å²) in [5.41, 5.74) is 0. The van der Waals surface area contributed by atoms with E-state index in [4.69, 9.17) is 4.74 Å². The average Bonchev–Trinajstić information content (AvgIpc) is 2.48. The number of ether oxygens (including phenoxy) is 1. The van der Waals surface area contributed by atoms with Crippen molar-refractivity contribution in [1.82, 2.24) is 4.31 Å². The first-order chi connectivity index (χ1) is 9.96. The highest BCUT2D eigenvalue weighted by Crippen LogP contribution is 2.28.